The first-order chi connectivity index (χ1) is 6.52. The molecule has 0 heterocycles. The molecule has 0 aliphatic rings. The second-order valence-electron chi connectivity index (χ2n) is 2.85. The zero-order chi connectivity index (χ0) is 11.1. The van der Waals surface area contributed by atoms with E-state index in [9.17, 15) is 9.59 Å². The molecule has 0 fully saturated rings. The Morgan fingerprint density at radius 2 is 2.07 bits per heavy atom. The van der Waals surface area contributed by atoms with Crippen LogP contribution in [-0.4, -0.2) is 52.7 Å². The van der Waals surface area contributed by atoms with Crippen molar-refractivity contribution in [1.82, 2.24) is 4.90 Å². The van der Waals surface area contributed by atoms with Crippen molar-refractivity contribution in [1.29, 1.82) is 0 Å². The van der Waals surface area contributed by atoms with Crippen LogP contribution in [0.15, 0.2) is 0 Å². The summed E-state index contributed by atoms with van der Waals surface area (Å²) in [6, 6.07) is -1.03. The van der Waals surface area contributed by atoms with E-state index in [1.165, 1.54) is 4.90 Å². The van der Waals surface area contributed by atoms with Gasteiger partial charge in [0.25, 0.3) is 0 Å². The fraction of sp³-hybridized carbons (Fsp3) is 0.750. The number of aliphatic hydroxyl groups is 1. The van der Waals surface area contributed by atoms with Gasteiger partial charge >= 0.3 is 5.97 Å². The molecule has 0 saturated carbocycles. The van der Waals surface area contributed by atoms with E-state index in [1.807, 2.05) is 0 Å². The molecule has 0 bridgehead atoms. The quantitative estimate of drug-likeness (QED) is 0.495. The van der Waals surface area contributed by atoms with Crippen LogP contribution in [0.1, 0.15) is 13.3 Å². The molecule has 1 atom stereocenters. The lowest BCUT2D eigenvalue weighted by molar-refractivity contribution is -0.142. The summed E-state index contributed by atoms with van der Waals surface area (Å²) in [5.41, 5.74) is 5.37. The molecule has 82 valence electrons. The number of carboxylic acid groups (broad SMARTS) is 1. The molecule has 1 unspecified atom stereocenters. The van der Waals surface area contributed by atoms with Crippen LogP contribution in [0.25, 0.3) is 0 Å². The van der Waals surface area contributed by atoms with Crippen molar-refractivity contribution in [3.8, 4) is 0 Å². The van der Waals surface area contributed by atoms with Crippen LogP contribution in [0, 0.1) is 0 Å². The first kappa shape index (κ1) is 12.9. The lowest BCUT2D eigenvalue weighted by atomic mass is 10.2. The fourth-order valence-electron chi connectivity index (χ4n) is 1.05. The molecule has 6 heteroatoms. The Balaban J connectivity index is 4.19. The van der Waals surface area contributed by atoms with Crippen molar-refractivity contribution >= 4 is 11.9 Å². The summed E-state index contributed by atoms with van der Waals surface area (Å²) < 4.78 is 0. The average Bonchev–Trinajstić information content (AvgIpc) is 2.12. The highest BCUT2D eigenvalue weighted by Crippen LogP contribution is 1.97. The molecule has 6 nitrogen and oxygen atoms in total. The number of carbonyl (C=O) groups excluding carboxylic acids is 1. The van der Waals surface area contributed by atoms with Crippen LogP contribution >= 0.6 is 0 Å². The molecule has 0 saturated heterocycles. The minimum absolute atomic E-state index is 0.153. The maximum atomic E-state index is 11.4. The van der Waals surface area contributed by atoms with Crippen LogP contribution in [0.3, 0.4) is 0 Å². The number of nitrogens with two attached hydrogens (primary N) is 1. The highest BCUT2D eigenvalue weighted by Gasteiger charge is 2.21. The maximum absolute atomic E-state index is 11.4. The van der Waals surface area contributed by atoms with Gasteiger partial charge in [0.2, 0.25) is 5.91 Å². The highest BCUT2D eigenvalue weighted by atomic mass is 16.4. The van der Waals surface area contributed by atoms with Crippen LogP contribution < -0.4 is 5.73 Å². The highest BCUT2D eigenvalue weighted by molar-refractivity contribution is 5.85. The molecule has 0 spiro atoms. The Morgan fingerprint density at radius 1 is 1.50 bits per heavy atom. The molecular formula is C8H16N2O4. The van der Waals surface area contributed by atoms with Gasteiger partial charge in [0.1, 0.15) is 0 Å². The predicted molar refractivity (Wildman–Crippen MR) is 49.6 cm³/mol. The number of carbonyl (C=O) groups is 2. The number of aliphatic hydroxyl groups excluding tert-OH is 1. The smallest absolute Gasteiger partial charge is 0.305 e. The molecule has 0 aromatic carbocycles. The van der Waals surface area contributed by atoms with Gasteiger partial charge in [-0.15, -0.1) is 0 Å². The molecule has 4 N–H and O–H groups in total. The third-order valence-corrected chi connectivity index (χ3v) is 1.78. The number of likely N-dealkylation sites (N-methyl/N-ethyl adjacent to an activating group) is 1. The molecule has 0 rings (SSSR count). The summed E-state index contributed by atoms with van der Waals surface area (Å²) in [5, 5.41) is 17.0. The van der Waals surface area contributed by atoms with Gasteiger partial charge in [-0.1, -0.05) is 0 Å². The van der Waals surface area contributed by atoms with E-state index in [-0.39, 0.29) is 19.6 Å². The van der Waals surface area contributed by atoms with Crippen molar-refractivity contribution in [3.63, 3.8) is 0 Å². The third-order valence-electron chi connectivity index (χ3n) is 1.78. The Morgan fingerprint density at radius 3 is 2.43 bits per heavy atom. The van der Waals surface area contributed by atoms with Crippen LogP contribution in [-0.2, 0) is 9.59 Å². The number of carboxylic acids is 1. The van der Waals surface area contributed by atoms with Gasteiger partial charge in [-0.25, -0.2) is 0 Å². The zero-order valence-corrected chi connectivity index (χ0v) is 8.14. The van der Waals surface area contributed by atoms with Crippen LogP contribution in [0.4, 0.5) is 0 Å². The Labute approximate surface area is 82.3 Å². The summed E-state index contributed by atoms with van der Waals surface area (Å²) in [6.07, 6.45) is -0.388. The van der Waals surface area contributed by atoms with Crippen LogP contribution in [0.5, 0.6) is 0 Å². The van der Waals surface area contributed by atoms with Crippen molar-refractivity contribution in [3.05, 3.63) is 0 Å². The van der Waals surface area contributed by atoms with Gasteiger partial charge in [0.05, 0.1) is 19.1 Å². The SMILES string of the molecule is CCN(CCO)C(=O)C(N)CC(=O)O. The lowest BCUT2D eigenvalue weighted by Crippen LogP contribution is -2.45. The van der Waals surface area contributed by atoms with Crippen molar-refractivity contribution in [2.24, 2.45) is 5.73 Å². The Bertz CT molecular complexity index is 208. The topological polar surface area (TPSA) is 104 Å². The standard InChI is InChI=1S/C8H16N2O4/c1-2-10(3-4-11)8(14)6(9)5-7(12)13/h6,11H,2-5,9H2,1H3,(H,12,13). The number of hydrogen-bond donors (Lipinski definition) is 3. The van der Waals surface area contributed by atoms with E-state index in [0.717, 1.165) is 0 Å². The fourth-order valence-corrected chi connectivity index (χ4v) is 1.05. The van der Waals surface area contributed by atoms with Gasteiger partial charge < -0.3 is 20.8 Å². The van der Waals surface area contributed by atoms with Gasteiger partial charge in [0, 0.05) is 13.1 Å². The van der Waals surface area contributed by atoms with Gasteiger partial charge in [-0.3, -0.25) is 9.59 Å². The van der Waals surface area contributed by atoms with E-state index in [1.54, 1.807) is 6.92 Å². The molecular weight excluding hydrogens is 188 g/mol. The van der Waals surface area contributed by atoms with Gasteiger partial charge in [0.15, 0.2) is 0 Å². The monoisotopic (exact) mass is 204 g/mol. The summed E-state index contributed by atoms with van der Waals surface area (Å²) in [6.45, 7) is 2.18. The Hall–Kier alpha value is -1.14. The normalized spacial score (nSPS) is 12.2. The van der Waals surface area contributed by atoms with Gasteiger partial charge in [-0.2, -0.15) is 0 Å². The van der Waals surface area contributed by atoms with E-state index in [2.05, 4.69) is 0 Å². The third kappa shape index (κ3) is 4.20. The predicted octanol–water partition coefficient (Wildman–Crippen LogP) is -1.37. The van der Waals surface area contributed by atoms with E-state index in [0.29, 0.717) is 6.54 Å². The summed E-state index contributed by atoms with van der Waals surface area (Å²) in [7, 11) is 0. The van der Waals surface area contributed by atoms with Gasteiger partial charge in [-0.05, 0) is 6.92 Å². The molecule has 1 amide bonds. The molecule has 0 radical (unpaired) electrons. The first-order valence-corrected chi connectivity index (χ1v) is 4.40. The van der Waals surface area contributed by atoms with Crippen molar-refractivity contribution < 1.29 is 19.8 Å². The molecule has 14 heavy (non-hydrogen) atoms. The van der Waals surface area contributed by atoms with E-state index in [4.69, 9.17) is 15.9 Å². The number of aliphatic carboxylic acids is 1. The van der Waals surface area contributed by atoms with Crippen LogP contribution in [0.2, 0.25) is 0 Å². The number of rotatable bonds is 6. The van der Waals surface area contributed by atoms with Crippen molar-refractivity contribution in [2.45, 2.75) is 19.4 Å². The summed E-state index contributed by atoms with van der Waals surface area (Å²) in [5.74, 6) is -1.55. The lowest BCUT2D eigenvalue weighted by Gasteiger charge is -2.22. The first-order valence-electron chi connectivity index (χ1n) is 4.40. The van der Waals surface area contributed by atoms with E-state index >= 15 is 0 Å². The second kappa shape index (κ2) is 6.33. The maximum Gasteiger partial charge on any atom is 0.305 e. The minimum atomic E-state index is -1.11. The zero-order valence-electron chi connectivity index (χ0n) is 8.14. The molecule has 0 aliphatic carbocycles. The second-order valence-corrected chi connectivity index (χ2v) is 2.85. The number of nitrogens with zero attached hydrogens (tertiary/aromatic N) is 1. The minimum Gasteiger partial charge on any atom is -0.481 e. The average molecular weight is 204 g/mol. The summed E-state index contributed by atoms with van der Waals surface area (Å²) >= 11 is 0. The number of hydrogen-bond acceptors (Lipinski definition) is 4. The number of amides is 1. The molecule has 0 aromatic heterocycles. The van der Waals surface area contributed by atoms with E-state index < -0.39 is 17.9 Å². The summed E-state index contributed by atoms with van der Waals surface area (Å²) in [4.78, 5) is 23.0. The Kier molecular flexibility index (Phi) is 5.82. The largest absolute Gasteiger partial charge is 0.481 e. The van der Waals surface area contributed by atoms with Crippen molar-refractivity contribution in [2.75, 3.05) is 19.7 Å². The molecule has 0 aromatic rings. The molecule has 0 aliphatic heterocycles.